The topological polar surface area (TPSA) is 87.8 Å². The fourth-order valence-electron chi connectivity index (χ4n) is 1.68. The lowest BCUT2D eigenvalue weighted by Gasteiger charge is -2.07. The van der Waals surface area contributed by atoms with Crippen LogP contribution in [-0.2, 0) is 6.18 Å². The largest absolute Gasteiger partial charge is 0.502 e. The second-order valence-corrected chi connectivity index (χ2v) is 4.45. The first-order chi connectivity index (χ1) is 10.8. The minimum absolute atomic E-state index is 0.322. The van der Waals surface area contributed by atoms with Crippen LogP contribution in [0.25, 0.3) is 0 Å². The number of aromatic hydroxyl groups is 1. The number of phenolic OH excluding ortho intramolecular Hbond substituents is 1. The highest BCUT2D eigenvalue weighted by Gasteiger charge is 2.29. The zero-order chi connectivity index (χ0) is 17.0. The third kappa shape index (κ3) is 4.19. The van der Waals surface area contributed by atoms with Crippen LogP contribution in [0.2, 0.25) is 0 Å². The quantitative estimate of drug-likeness (QED) is 0.509. The van der Waals surface area contributed by atoms with Crippen LogP contribution in [0.3, 0.4) is 0 Å². The van der Waals surface area contributed by atoms with Gasteiger partial charge in [0, 0.05) is 11.6 Å². The van der Waals surface area contributed by atoms with Gasteiger partial charge in [0.25, 0.3) is 0 Å². The summed E-state index contributed by atoms with van der Waals surface area (Å²) in [5.41, 5.74) is 1.92. The van der Waals surface area contributed by atoms with Crippen LogP contribution in [-0.4, -0.2) is 16.2 Å². The van der Waals surface area contributed by atoms with Gasteiger partial charge in [-0.15, -0.1) is 0 Å². The van der Waals surface area contributed by atoms with Gasteiger partial charge >= 0.3 is 11.9 Å². The molecule has 0 aliphatic carbocycles. The molecule has 0 aliphatic rings. The number of nitrogens with one attached hydrogen (secondary N) is 1. The van der Waals surface area contributed by atoms with Gasteiger partial charge in [0.2, 0.25) is 0 Å². The molecule has 23 heavy (non-hydrogen) atoms. The Bertz CT molecular complexity index is 743. The number of hydrogen-bond acceptors (Lipinski definition) is 5. The number of alkyl halides is 3. The number of nitrogens with zero attached hydrogens (tertiary/aromatic N) is 2. The van der Waals surface area contributed by atoms with Crippen LogP contribution in [0, 0.1) is 10.1 Å². The lowest BCUT2D eigenvalue weighted by atomic mass is 10.2. The van der Waals surface area contributed by atoms with Crippen molar-refractivity contribution in [2.75, 3.05) is 5.43 Å². The lowest BCUT2D eigenvalue weighted by Crippen LogP contribution is -2.04. The molecule has 0 aromatic heterocycles. The third-order valence-corrected chi connectivity index (χ3v) is 2.82. The average molecular weight is 325 g/mol. The molecule has 2 N–H and O–H groups in total. The van der Waals surface area contributed by atoms with E-state index in [1.807, 2.05) is 0 Å². The van der Waals surface area contributed by atoms with Crippen molar-refractivity contribution in [2.24, 2.45) is 5.10 Å². The summed E-state index contributed by atoms with van der Waals surface area (Å²) in [5.74, 6) is -0.470. The van der Waals surface area contributed by atoms with E-state index in [2.05, 4.69) is 10.5 Å². The highest BCUT2D eigenvalue weighted by molar-refractivity contribution is 5.82. The van der Waals surface area contributed by atoms with E-state index in [9.17, 15) is 28.4 Å². The molecule has 6 nitrogen and oxygen atoms in total. The number of hydrogen-bond donors (Lipinski definition) is 2. The van der Waals surface area contributed by atoms with Gasteiger partial charge in [-0.05, 0) is 36.4 Å². The number of nitro groups is 1. The molecule has 2 aromatic carbocycles. The monoisotopic (exact) mass is 325 g/mol. The minimum atomic E-state index is -4.41. The molecule has 0 bridgehead atoms. The second-order valence-electron chi connectivity index (χ2n) is 4.45. The van der Waals surface area contributed by atoms with Gasteiger partial charge < -0.3 is 5.11 Å². The van der Waals surface area contributed by atoms with Crippen molar-refractivity contribution in [3.05, 3.63) is 63.7 Å². The van der Waals surface area contributed by atoms with E-state index in [1.165, 1.54) is 24.4 Å². The Balaban J connectivity index is 2.07. The predicted molar refractivity (Wildman–Crippen MR) is 77.4 cm³/mol. The van der Waals surface area contributed by atoms with Crippen molar-refractivity contribution in [3.63, 3.8) is 0 Å². The fourth-order valence-corrected chi connectivity index (χ4v) is 1.68. The molecule has 0 fully saturated rings. The number of benzene rings is 2. The molecular weight excluding hydrogens is 315 g/mol. The number of hydrazone groups is 1. The van der Waals surface area contributed by atoms with Gasteiger partial charge in [-0.1, -0.05) is 0 Å². The molecule has 2 aromatic rings. The highest BCUT2D eigenvalue weighted by atomic mass is 19.4. The van der Waals surface area contributed by atoms with E-state index in [4.69, 9.17) is 0 Å². The van der Waals surface area contributed by atoms with Crippen molar-refractivity contribution in [2.45, 2.75) is 6.18 Å². The Morgan fingerprint density at radius 1 is 1.17 bits per heavy atom. The average Bonchev–Trinajstić information content (AvgIpc) is 2.48. The molecule has 0 saturated carbocycles. The van der Waals surface area contributed by atoms with Crippen LogP contribution in [0.1, 0.15) is 11.1 Å². The Morgan fingerprint density at radius 3 is 2.39 bits per heavy atom. The standard InChI is InChI=1S/C14H10F3N3O3/c15-14(16,17)10-2-4-11(5-3-10)19-18-8-9-1-6-13(21)12(7-9)20(22)23/h1-8,19,21H. The van der Waals surface area contributed by atoms with Crippen LogP contribution in [0.15, 0.2) is 47.6 Å². The normalized spacial score (nSPS) is 11.6. The molecule has 9 heteroatoms. The van der Waals surface area contributed by atoms with E-state index < -0.39 is 28.1 Å². The van der Waals surface area contributed by atoms with Gasteiger partial charge in [-0.2, -0.15) is 18.3 Å². The van der Waals surface area contributed by atoms with Crippen LogP contribution in [0.4, 0.5) is 24.5 Å². The first-order valence-electron chi connectivity index (χ1n) is 6.21. The van der Waals surface area contributed by atoms with Crippen molar-refractivity contribution in [1.29, 1.82) is 0 Å². The molecule has 0 spiro atoms. The lowest BCUT2D eigenvalue weighted by molar-refractivity contribution is -0.385. The van der Waals surface area contributed by atoms with Gasteiger partial charge in [0.05, 0.1) is 22.4 Å². The summed E-state index contributed by atoms with van der Waals surface area (Å²) >= 11 is 0. The second kappa shape index (κ2) is 6.34. The van der Waals surface area contributed by atoms with E-state index in [0.29, 0.717) is 11.3 Å². The van der Waals surface area contributed by atoms with E-state index >= 15 is 0 Å². The summed E-state index contributed by atoms with van der Waals surface area (Å²) in [7, 11) is 0. The zero-order valence-electron chi connectivity index (χ0n) is 11.4. The van der Waals surface area contributed by atoms with Crippen molar-refractivity contribution < 1.29 is 23.2 Å². The van der Waals surface area contributed by atoms with Crippen molar-refractivity contribution in [3.8, 4) is 5.75 Å². The van der Waals surface area contributed by atoms with Crippen molar-refractivity contribution in [1.82, 2.24) is 0 Å². The zero-order valence-corrected chi connectivity index (χ0v) is 11.4. The Hall–Kier alpha value is -3.10. The summed E-state index contributed by atoms with van der Waals surface area (Å²) in [6, 6.07) is 7.90. The number of rotatable bonds is 4. The van der Waals surface area contributed by atoms with E-state index in [0.717, 1.165) is 24.3 Å². The smallest absolute Gasteiger partial charge is 0.416 e. The third-order valence-electron chi connectivity index (χ3n) is 2.82. The summed E-state index contributed by atoms with van der Waals surface area (Å²) in [5, 5.41) is 23.8. The van der Waals surface area contributed by atoms with Crippen LogP contribution >= 0.6 is 0 Å². The van der Waals surface area contributed by atoms with E-state index in [1.54, 1.807) is 0 Å². The maximum atomic E-state index is 12.4. The summed E-state index contributed by atoms with van der Waals surface area (Å²) in [6.45, 7) is 0. The Kier molecular flexibility index (Phi) is 4.49. The van der Waals surface area contributed by atoms with Gasteiger partial charge in [-0.3, -0.25) is 15.5 Å². The Labute approximate surface area is 128 Å². The summed E-state index contributed by atoms with van der Waals surface area (Å²) in [6.07, 6.45) is -3.17. The molecule has 0 saturated heterocycles. The fraction of sp³-hybridized carbons (Fsp3) is 0.0714. The van der Waals surface area contributed by atoms with E-state index in [-0.39, 0.29) is 0 Å². The minimum Gasteiger partial charge on any atom is -0.502 e. The van der Waals surface area contributed by atoms with Gasteiger partial charge in [-0.25, -0.2) is 0 Å². The van der Waals surface area contributed by atoms with Crippen molar-refractivity contribution >= 4 is 17.6 Å². The number of nitro benzene ring substituents is 1. The van der Waals surface area contributed by atoms with Gasteiger partial charge in [0.15, 0.2) is 5.75 Å². The molecule has 0 amide bonds. The van der Waals surface area contributed by atoms with Crippen LogP contribution in [0.5, 0.6) is 5.75 Å². The number of phenols is 1. The number of halogens is 3. The van der Waals surface area contributed by atoms with Crippen LogP contribution < -0.4 is 5.43 Å². The first kappa shape index (κ1) is 16.3. The summed E-state index contributed by atoms with van der Waals surface area (Å²) < 4.78 is 37.2. The number of anilines is 1. The molecule has 120 valence electrons. The molecule has 0 radical (unpaired) electrons. The maximum absolute atomic E-state index is 12.4. The molecule has 0 aliphatic heterocycles. The molecule has 2 rings (SSSR count). The maximum Gasteiger partial charge on any atom is 0.416 e. The van der Waals surface area contributed by atoms with Gasteiger partial charge in [0.1, 0.15) is 0 Å². The molecular formula is C14H10F3N3O3. The Morgan fingerprint density at radius 2 is 1.83 bits per heavy atom. The molecule has 0 heterocycles. The highest BCUT2D eigenvalue weighted by Crippen LogP contribution is 2.30. The molecule has 0 unspecified atom stereocenters. The SMILES string of the molecule is O=[N+]([O-])c1cc(C=NNc2ccc(C(F)(F)F)cc2)ccc1O. The first-order valence-corrected chi connectivity index (χ1v) is 6.21. The molecule has 0 atom stereocenters. The summed E-state index contributed by atoms with van der Waals surface area (Å²) in [4.78, 5) is 9.94. The predicted octanol–water partition coefficient (Wildman–Crippen LogP) is 3.77.